The van der Waals surface area contributed by atoms with Crippen molar-refractivity contribution in [3.63, 3.8) is 0 Å². The highest BCUT2D eigenvalue weighted by Crippen LogP contribution is 2.19. The molecule has 0 saturated carbocycles. The monoisotopic (exact) mass is 322 g/mol. The highest BCUT2D eigenvalue weighted by Gasteiger charge is 2.27. The summed E-state index contributed by atoms with van der Waals surface area (Å²) < 4.78 is 10.4. The number of primary amides is 1. The van der Waals surface area contributed by atoms with Crippen LogP contribution in [0, 0.1) is 5.92 Å². The van der Waals surface area contributed by atoms with Crippen LogP contribution in [0.15, 0.2) is 24.3 Å². The molecule has 1 rings (SSSR count). The van der Waals surface area contributed by atoms with Gasteiger partial charge in [0.2, 0.25) is 0 Å². The number of nitrogens with one attached hydrogen (secondary N) is 1. The van der Waals surface area contributed by atoms with Crippen molar-refractivity contribution in [2.24, 2.45) is 11.7 Å². The largest absolute Gasteiger partial charge is 0.496 e. The number of para-hydroxylation sites is 1. The second-order valence-electron chi connectivity index (χ2n) is 5.32. The molecular formula is C16H22N2O5. The number of methoxy groups -OCH3 is 1. The number of urea groups is 1. The van der Waals surface area contributed by atoms with Gasteiger partial charge in [-0.15, -0.1) is 0 Å². The fraction of sp³-hybridized carbons (Fsp3) is 0.438. The molecule has 1 aromatic rings. The predicted molar refractivity (Wildman–Crippen MR) is 83.8 cm³/mol. The number of ether oxygens (including phenoxy) is 2. The summed E-state index contributed by atoms with van der Waals surface area (Å²) in [5.41, 5.74) is 5.77. The standard InChI is InChI=1S/C16H22N2O5/c1-10(2)14(15(20)18-16(17)21)23-13(19)9-8-11-6-4-5-7-12(11)22-3/h4-7,10,14H,8-9H2,1-3H3,(H3,17,18,20,21)/t14-/m0/s1. The molecule has 23 heavy (non-hydrogen) atoms. The van der Waals surface area contributed by atoms with Gasteiger partial charge in [0.15, 0.2) is 6.10 Å². The van der Waals surface area contributed by atoms with E-state index in [9.17, 15) is 14.4 Å². The van der Waals surface area contributed by atoms with Crippen LogP contribution < -0.4 is 15.8 Å². The minimum absolute atomic E-state index is 0.0907. The number of carbonyl (C=O) groups excluding carboxylic acids is 3. The van der Waals surface area contributed by atoms with Crippen LogP contribution in [-0.4, -0.2) is 31.1 Å². The van der Waals surface area contributed by atoms with Gasteiger partial charge in [0.25, 0.3) is 5.91 Å². The lowest BCUT2D eigenvalue weighted by molar-refractivity contribution is -0.158. The number of nitrogens with two attached hydrogens (primary N) is 1. The van der Waals surface area contributed by atoms with Crippen molar-refractivity contribution in [1.29, 1.82) is 0 Å². The fourth-order valence-electron chi connectivity index (χ4n) is 2.03. The van der Waals surface area contributed by atoms with E-state index < -0.39 is 24.0 Å². The first-order chi connectivity index (χ1) is 10.8. The molecule has 0 bridgehead atoms. The number of hydrogen-bond donors (Lipinski definition) is 2. The first kappa shape index (κ1) is 18.5. The van der Waals surface area contributed by atoms with E-state index in [1.165, 1.54) is 0 Å². The Bertz CT molecular complexity index is 571. The second-order valence-corrected chi connectivity index (χ2v) is 5.32. The van der Waals surface area contributed by atoms with E-state index in [0.717, 1.165) is 5.56 Å². The Morgan fingerprint density at radius 3 is 2.43 bits per heavy atom. The Labute approximate surface area is 135 Å². The van der Waals surface area contributed by atoms with Gasteiger partial charge in [-0.3, -0.25) is 14.9 Å². The van der Waals surface area contributed by atoms with Crippen molar-refractivity contribution >= 4 is 17.9 Å². The molecule has 0 fully saturated rings. The third-order valence-electron chi connectivity index (χ3n) is 3.16. The molecule has 0 saturated heterocycles. The zero-order chi connectivity index (χ0) is 17.4. The number of imide groups is 1. The molecule has 0 aromatic heterocycles. The van der Waals surface area contributed by atoms with Gasteiger partial charge >= 0.3 is 12.0 Å². The molecule has 1 aromatic carbocycles. The van der Waals surface area contributed by atoms with E-state index in [1.807, 2.05) is 23.5 Å². The van der Waals surface area contributed by atoms with E-state index >= 15 is 0 Å². The summed E-state index contributed by atoms with van der Waals surface area (Å²) in [6.07, 6.45) is -0.550. The van der Waals surface area contributed by atoms with Gasteiger partial charge in [-0.05, 0) is 24.0 Å². The van der Waals surface area contributed by atoms with Gasteiger partial charge in [0.1, 0.15) is 5.75 Å². The summed E-state index contributed by atoms with van der Waals surface area (Å²) >= 11 is 0. The molecule has 0 heterocycles. The molecule has 0 radical (unpaired) electrons. The molecule has 0 aliphatic heterocycles. The second kappa shape index (κ2) is 8.77. The molecule has 0 unspecified atom stereocenters. The van der Waals surface area contributed by atoms with Crippen LogP contribution in [0.5, 0.6) is 5.75 Å². The molecular weight excluding hydrogens is 300 g/mol. The third-order valence-corrected chi connectivity index (χ3v) is 3.16. The minimum atomic E-state index is -1.06. The van der Waals surface area contributed by atoms with Gasteiger partial charge in [-0.1, -0.05) is 32.0 Å². The van der Waals surface area contributed by atoms with Crippen molar-refractivity contribution in [1.82, 2.24) is 5.32 Å². The van der Waals surface area contributed by atoms with Crippen LogP contribution >= 0.6 is 0 Å². The summed E-state index contributed by atoms with van der Waals surface area (Å²) in [4.78, 5) is 34.5. The molecule has 7 heteroatoms. The van der Waals surface area contributed by atoms with Crippen molar-refractivity contribution in [3.8, 4) is 5.75 Å². The van der Waals surface area contributed by atoms with Crippen molar-refractivity contribution in [2.75, 3.05) is 7.11 Å². The Morgan fingerprint density at radius 2 is 1.87 bits per heavy atom. The number of hydrogen-bond acceptors (Lipinski definition) is 5. The smallest absolute Gasteiger partial charge is 0.318 e. The van der Waals surface area contributed by atoms with Gasteiger partial charge in [0, 0.05) is 6.42 Å². The maximum absolute atomic E-state index is 12.0. The van der Waals surface area contributed by atoms with Crippen molar-refractivity contribution < 1.29 is 23.9 Å². The van der Waals surface area contributed by atoms with Crippen LogP contribution in [0.3, 0.4) is 0 Å². The maximum atomic E-state index is 12.0. The van der Waals surface area contributed by atoms with Crippen LogP contribution in [0.4, 0.5) is 4.79 Å². The van der Waals surface area contributed by atoms with E-state index in [1.54, 1.807) is 27.0 Å². The Kier molecular flexibility index (Phi) is 7.05. The van der Waals surface area contributed by atoms with Gasteiger partial charge < -0.3 is 15.2 Å². The number of benzene rings is 1. The fourth-order valence-corrected chi connectivity index (χ4v) is 2.03. The topological polar surface area (TPSA) is 108 Å². The summed E-state index contributed by atoms with van der Waals surface area (Å²) in [6.45, 7) is 3.41. The first-order valence-electron chi connectivity index (χ1n) is 7.26. The quantitative estimate of drug-likeness (QED) is 0.738. The minimum Gasteiger partial charge on any atom is -0.496 e. The molecule has 126 valence electrons. The Hall–Kier alpha value is -2.57. The van der Waals surface area contributed by atoms with Crippen LogP contribution in [-0.2, 0) is 20.7 Å². The van der Waals surface area contributed by atoms with E-state index in [2.05, 4.69) is 0 Å². The normalized spacial score (nSPS) is 11.7. The highest BCUT2D eigenvalue weighted by molar-refractivity contribution is 5.96. The SMILES string of the molecule is COc1ccccc1CCC(=O)O[C@H](C(=O)NC(N)=O)C(C)C. The summed E-state index contributed by atoms with van der Waals surface area (Å²) in [7, 11) is 1.56. The van der Waals surface area contributed by atoms with Crippen LogP contribution in [0.2, 0.25) is 0 Å². The molecule has 0 aliphatic carbocycles. The number of esters is 1. The molecule has 1 atom stereocenters. The molecule has 0 aliphatic rings. The number of aryl methyl sites for hydroxylation is 1. The average Bonchev–Trinajstić information content (AvgIpc) is 2.49. The highest BCUT2D eigenvalue weighted by atomic mass is 16.5. The van der Waals surface area contributed by atoms with Crippen molar-refractivity contribution in [3.05, 3.63) is 29.8 Å². The molecule has 3 N–H and O–H groups in total. The van der Waals surface area contributed by atoms with Crippen LogP contribution in [0.25, 0.3) is 0 Å². The first-order valence-corrected chi connectivity index (χ1v) is 7.26. The zero-order valence-corrected chi connectivity index (χ0v) is 13.5. The zero-order valence-electron chi connectivity index (χ0n) is 13.5. The summed E-state index contributed by atoms with van der Waals surface area (Å²) in [6, 6.07) is 6.36. The molecule has 7 nitrogen and oxygen atoms in total. The Balaban J connectivity index is 2.62. The lowest BCUT2D eigenvalue weighted by atomic mass is 10.1. The summed E-state index contributed by atoms with van der Waals surface area (Å²) in [5, 5.41) is 1.92. The predicted octanol–water partition coefficient (Wildman–Crippen LogP) is 1.39. The maximum Gasteiger partial charge on any atom is 0.318 e. The molecule has 3 amide bonds. The van der Waals surface area contributed by atoms with E-state index in [-0.39, 0.29) is 12.3 Å². The average molecular weight is 322 g/mol. The van der Waals surface area contributed by atoms with Crippen LogP contribution in [0.1, 0.15) is 25.8 Å². The Morgan fingerprint density at radius 1 is 1.22 bits per heavy atom. The van der Waals surface area contributed by atoms with Gasteiger partial charge in [0.05, 0.1) is 7.11 Å². The lowest BCUT2D eigenvalue weighted by Gasteiger charge is -2.20. The lowest BCUT2D eigenvalue weighted by Crippen LogP contribution is -2.45. The number of rotatable bonds is 7. The summed E-state index contributed by atoms with van der Waals surface area (Å²) in [5.74, 6) is -0.857. The van der Waals surface area contributed by atoms with Gasteiger partial charge in [-0.25, -0.2) is 4.79 Å². The van der Waals surface area contributed by atoms with E-state index in [0.29, 0.717) is 12.2 Å². The third kappa shape index (κ3) is 5.98. The van der Waals surface area contributed by atoms with Gasteiger partial charge in [-0.2, -0.15) is 0 Å². The molecule has 0 spiro atoms. The number of carbonyl (C=O) groups is 3. The van der Waals surface area contributed by atoms with Crippen molar-refractivity contribution in [2.45, 2.75) is 32.8 Å². The number of amides is 3. The van der Waals surface area contributed by atoms with E-state index in [4.69, 9.17) is 15.2 Å².